The van der Waals surface area contributed by atoms with Crippen LogP contribution in [0.2, 0.25) is 5.02 Å². The van der Waals surface area contributed by atoms with Crippen LogP contribution in [0, 0.1) is 11.6 Å². The quantitative estimate of drug-likeness (QED) is 0.809. The lowest BCUT2D eigenvalue weighted by atomic mass is 9.99. The number of hydrogen-bond donors (Lipinski definition) is 1. The molecule has 1 atom stereocenters. The van der Waals surface area contributed by atoms with Gasteiger partial charge in [0.15, 0.2) is 0 Å². The summed E-state index contributed by atoms with van der Waals surface area (Å²) in [5.74, 6) is -1.11. The van der Waals surface area contributed by atoms with E-state index in [0.717, 1.165) is 12.1 Å². The van der Waals surface area contributed by atoms with E-state index in [-0.39, 0.29) is 10.0 Å². The Hall–Kier alpha value is -0.970. The van der Waals surface area contributed by atoms with E-state index in [1.807, 2.05) is 0 Å². The lowest BCUT2D eigenvalue weighted by Gasteiger charge is -2.14. The molecular formula is C13H9BrClF2N. The summed E-state index contributed by atoms with van der Waals surface area (Å²) in [5.41, 5.74) is 6.65. The molecule has 2 aromatic rings. The third kappa shape index (κ3) is 2.71. The van der Waals surface area contributed by atoms with Crippen LogP contribution in [0.3, 0.4) is 0 Å². The molecule has 0 spiro atoms. The highest BCUT2D eigenvalue weighted by molar-refractivity contribution is 9.10. The third-order valence-corrected chi connectivity index (χ3v) is 3.43. The summed E-state index contributed by atoms with van der Waals surface area (Å²) in [4.78, 5) is 0. The van der Waals surface area contributed by atoms with Crippen LogP contribution in [0.1, 0.15) is 17.2 Å². The van der Waals surface area contributed by atoms with Crippen LogP contribution in [-0.2, 0) is 0 Å². The van der Waals surface area contributed by atoms with Crippen LogP contribution in [0.15, 0.2) is 40.9 Å². The Morgan fingerprint density at radius 2 is 1.83 bits per heavy atom. The van der Waals surface area contributed by atoms with Crippen molar-refractivity contribution in [2.45, 2.75) is 6.04 Å². The Balaban J connectivity index is 2.46. The molecule has 0 radical (unpaired) electrons. The number of nitrogens with two attached hydrogens (primary N) is 1. The lowest BCUT2D eigenvalue weighted by molar-refractivity contribution is 0.572. The molecule has 5 heteroatoms. The van der Waals surface area contributed by atoms with Gasteiger partial charge in [-0.3, -0.25) is 0 Å². The summed E-state index contributed by atoms with van der Waals surface area (Å²) < 4.78 is 27.2. The summed E-state index contributed by atoms with van der Waals surface area (Å²) in [7, 11) is 0. The zero-order valence-corrected chi connectivity index (χ0v) is 11.5. The highest BCUT2D eigenvalue weighted by atomic mass is 79.9. The van der Waals surface area contributed by atoms with Crippen LogP contribution in [0.25, 0.3) is 0 Å². The number of rotatable bonds is 2. The summed E-state index contributed by atoms with van der Waals surface area (Å²) in [5, 5.41) is 0.501. The van der Waals surface area contributed by atoms with Gasteiger partial charge in [0.25, 0.3) is 0 Å². The summed E-state index contributed by atoms with van der Waals surface area (Å²) in [6.07, 6.45) is 0. The van der Waals surface area contributed by atoms with Gasteiger partial charge in [0.2, 0.25) is 0 Å². The van der Waals surface area contributed by atoms with E-state index in [4.69, 9.17) is 17.3 Å². The van der Waals surface area contributed by atoms with Gasteiger partial charge < -0.3 is 5.73 Å². The second-order valence-electron chi connectivity index (χ2n) is 3.82. The highest BCUT2D eigenvalue weighted by Crippen LogP contribution is 2.27. The molecule has 2 rings (SSSR count). The van der Waals surface area contributed by atoms with Crippen molar-refractivity contribution in [1.82, 2.24) is 0 Å². The molecule has 0 aliphatic heterocycles. The number of hydrogen-bond acceptors (Lipinski definition) is 1. The fourth-order valence-corrected chi connectivity index (χ4v) is 2.17. The topological polar surface area (TPSA) is 26.0 Å². The molecule has 94 valence electrons. The molecule has 0 aliphatic rings. The summed E-state index contributed by atoms with van der Waals surface area (Å²) in [6, 6.07) is 8.15. The minimum Gasteiger partial charge on any atom is -0.320 e. The molecule has 2 N–H and O–H groups in total. The van der Waals surface area contributed by atoms with Crippen molar-refractivity contribution < 1.29 is 8.78 Å². The van der Waals surface area contributed by atoms with Gasteiger partial charge in [0, 0.05) is 10.6 Å². The molecule has 0 saturated carbocycles. The monoisotopic (exact) mass is 331 g/mol. The smallest absolute Gasteiger partial charge is 0.137 e. The first-order valence-corrected chi connectivity index (χ1v) is 6.31. The molecule has 0 bridgehead atoms. The Morgan fingerprint density at radius 3 is 2.50 bits per heavy atom. The Morgan fingerprint density at radius 1 is 1.11 bits per heavy atom. The van der Waals surface area contributed by atoms with Crippen molar-refractivity contribution in [2.75, 3.05) is 0 Å². The van der Waals surface area contributed by atoms with Crippen molar-refractivity contribution in [3.05, 3.63) is 68.7 Å². The minimum absolute atomic E-state index is 0.0713. The Bertz CT molecular complexity index is 589. The zero-order chi connectivity index (χ0) is 13.3. The van der Waals surface area contributed by atoms with Gasteiger partial charge in [-0.1, -0.05) is 23.7 Å². The van der Waals surface area contributed by atoms with Gasteiger partial charge in [0.1, 0.15) is 11.6 Å². The summed E-state index contributed by atoms with van der Waals surface area (Å²) >= 11 is 8.76. The standard InChI is InChI=1S/C13H9BrClF2N/c14-10-6-11(16)9(5-12(10)17)13(18)7-2-1-3-8(15)4-7/h1-6,13H,18H2. The largest absolute Gasteiger partial charge is 0.320 e. The second-order valence-corrected chi connectivity index (χ2v) is 5.11. The Kier molecular flexibility index (Phi) is 4.00. The van der Waals surface area contributed by atoms with E-state index in [9.17, 15) is 8.78 Å². The normalized spacial score (nSPS) is 12.5. The van der Waals surface area contributed by atoms with E-state index in [0.29, 0.717) is 10.6 Å². The average Bonchev–Trinajstić information content (AvgIpc) is 2.33. The van der Waals surface area contributed by atoms with Crippen LogP contribution in [0.4, 0.5) is 8.78 Å². The van der Waals surface area contributed by atoms with E-state index < -0.39 is 17.7 Å². The van der Waals surface area contributed by atoms with Crippen molar-refractivity contribution in [1.29, 1.82) is 0 Å². The van der Waals surface area contributed by atoms with Crippen molar-refractivity contribution in [3.63, 3.8) is 0 Å². The zero-order valence-electron chi connectivity index (χ0n) is 9.13. The predicted octanol–water partition coefficient (Wildman–Crippen LogP) is 4.43. The van der Waals surface area contributed by atoms with E-state index in [1.165, 1.54) is 0 Å². The summed E-state index contributed by atoms with van der Waals surface area (Å²) in [6.45, 7) is 0. The highest BCUT2D eigenvalue weighted by Gasteiger charge is 2.16. The maximum Gasteiger partial charge on any atom is 0.137 e. The Labute approximate surface area is 117 Å². The fourth-order valence-electron chi connectivity index (χ4n) is 1.66. The molecule has 1 unspecified atom stereocenters. The van der Waals surface area contributed by atoms with E-state index >= 15 is 0 Å². The van der Waals surface area contributed by atoms with Crippen molar-refractivity contribution in [2.24, 2.45) is 5.73 Å². The van der Waals surface area contributed by atoms with Crippen LogP contribution >= 0.6 is 27.5 Å². The number of halogens is 4. The maximum absolute atomic E-state index is 13.8. The van der Waals surface area contributed by atoms with Gasteiger partial charge in [-0.25, -0.2) is 8.78 Å². The van der Waals surface area contributed by atoms with Gasteiger partial charge >= 0.3 is 0 Å². The first kappa shape index (κ1) is 13.5. The fraction of sp³-hybridized carbons (Fsp3) is 0.0769. The first-order valence-electron chi connectivity index (χ1n) is 5.14. The molecule has 2 aromatic carbocycles. The van der Waals surface area contributed by atoms with Crippen LogP contribution in [0.5, 0.6) is 0 Å². The molecule has 0 aliphatic carbocycles. The SMILES string of the molecule is NC(c1cccc(Cl)c1)c1cc(F)c(Br)cc1F. The molecule has 0 saturated heterocycles. The average molecular weight is 333 g/mol. The van der Waals surface area contributed by atoms with Gasteiger partial charge in [-0.15, -0.1) is 0 Å². The third-order valence-electron chi connectivity index (χ3n) is 2.58. The van der Waals surface area contributed by atoms with E-state index in [2.05, 4.69) is 15.9 Å². The van der Waals surface area contributed by atoms with Crippen molar-refractivity contribution >= 4 is 27.5 Å². The molecule has 0 heterocycles. The molecule has 0 fully saturated rings. The molecular weight excluding hydrogens is 324 g/mol. The molecule has 1 nitrogen and oxygen atoms in total. The van der Waals surface area contributed by atoms with Crippen LogP contribution in [-0.4, -0.2) is 0 Å². The predicted molar refractivity (Wildman–Crippen MR) is 71.5 cm³/mol. The van der Waals surface area contributed by atoms with Gasteiger partial charge in [-0.05, 0) is 45.8 Å². The van der Waals surface area contributed by atoms with Gasteiger partial charge in [-0.2, -0.15) is 0 Å². The van der Waals surface area contributed by atoms with Crippen LogP contribution < -0.4 is 5.73 Å². The minimum atomic E-state index is -0.758. The van der Waals surface area contributed by atoms with E-state index in [1.54, 1.807) is 24.3 Å². The van der Waals surface area contributed by atoms with Gasteiger partial charge in [0.05, 0.1) is 10.5 Å². The molecule has 18 heavy (non-hydrogen) atoms. The van der Waals surface area contributed by atoms with Crippen molar-refractivity contribution in [3.8, 4) is 0 Å². The maximum atomic E-state index is 13.8. The lowest BCUT2D eigenvalue weighted by Crippen LogP contribution is -2.14. The second kappa shape index (κ2) is 5.34. The number of benzene rings is 2. The first-order chi connectivity index (χ1) is 8.49. The molecule has 0 aromatic heterocycles. The molecule has 0 amide bonds.